The molecule has 3 aromatic rings. The third-order valence-electron chi connectivity index (χ3n) is 5.86. The fourth-order valence-electron chi connectivity index (χ4n) is 4.04. The highest BCUT2D eigenvalue weighted by Gasteiger charge is 2.32. The lowest BCUT2D eigenvalue weighted by molar-refractivity contribution is -0.387. The molecular formula is C27H33N5O8S. The molecule has 0 saturated heterocycles. The largest absolute Gasteiger partial charge is 0.443 e. The molecule has 1 aromatic carbocycles. The number of nitro groups is 1. The van der Waals surface area contributed by atoms with Crippen molar-refractivity contribution in [2.75, 3.05) is 4.90 Å². The molecule has 0 radical (unpaired) electrons. The van der Waals surface area contributed by atoms with Crippen molar-refractivity contribution in [1.82, 2.24) is 14.1 Å². The summed E-state index contributed by atoms with van der Waals surface area (Å²) in [5.74, 6) is 0.531. The van der Waals surface area contributed by atoms with E-state index in [2.05, 4.69) is 4.98 Å². The summed E-state index contributed by atoms with van der Waals surface area (Å²) in [4.78, 5) is 41.4. The average Bonchev–Trinajstić information content (AvgIpc) is 3.58. The Balaban J connectivity index is 1.70. The number of nitrogens with zero attached hydrogens (tertiary/aromatic N) is 4. The molecule has 2 amide bonds. The number of anilines is 1. The fourth-order valence-corrected chi connectivity index (χ4v) is 5.07. The van der Waals surface area contributed by atoms with Crippen molar-refractivity contribution < 1.29 is 32.4 Å². The monoisotopic (exact) mass is 587 g/mol. The first kappa shape index (κ1) is 29.8. The maximum absolute atomic E-state index is 13.3. The predicted molar refractivity (Wildman–Crippen MR) is 149 cm³/mol. The highest BCUT2D eigenvalue weighted by molar-refractivity contribution is 7.90. The molecule has 4 rings (SSSR count). The Morgan fingerprint density at radius 3 is 2.32 bits per heavy atom. The van der Waals surface area contributed by atoms with Crippen LogP contribution in [-0.4, -0.2) is 46.1 Å². The molecule has 0 bridgehead atoms. The van der Waals surface area contributed by atoms with E-state index in [0.29, 0.717) is 17.3 Å². The second-order valence-electron chi connectivity index (χ2n) is 11.8. The summed E-state index contributed by atoms with van der Waals surface area (Å²) in [6.45, 7) is 9.52. The number of carbonyl (C=O) groups excluding carboxylic acids is 2. The first-order valence-electron chi connectivity index (χ1n) is 12.9. The summed E-state index contributed by atoms with van der Waals surface area (Å²) in [6.07, 6.45) is 3.92. The van der Waals surface area contributed by atoms with Crippen LogP contribution in [0.1, 0.15) is 71.6 Å². The van der Waals surface area contributed by atoms with Gasteiger partial charge in [-0.05, 0) is 84.1 Å². The fraction of sp³-hybridized carbons (Fsp3) is 0.444. The maximum atomic E-state index is 13.3. The molecular weight excluding hydrogens is 554 g/mol. The summed E-state index contributed by atoms with van der Waals surface area (Å²) in [5, 5.41) is 12.0. The molecule has 2 aromatic heterocycles. The molecule has 14 heteroatoms. The molecule has 0 aliphatic heterocycles. The van der Waals surface area contributed by atoms with Crippen molar-refractivity contribution >= 4 is 39.2 Å². The minimum Gasteiger partial charge on any atom is -0.443 e. The molecule has 41 heavy (non-hydrogen) atoms. The number of benzene rings is 1. The number of rotatable bonds is 7. The molecule has 1 aliphatic rings. The SMILES string of the molecule is CC(C)(C)OC(=O)NS(=O)(=O)c1ccc(N(Cc2cn3cc(C4CC4)ccc3n2)C(=O)OC(C)(C)C)cc1[N+](=O)[O-]. The van der Waals surface area contributed by atoms with Crippen LogP contribution >= 0.6 is 0 Å². The van der Waals surface area contributed by atoms with E-state index in [4.69, 9.17) is 9.47 Å². The van der Waals surface area contributed by atoms with E-state index in [0.717, 1.165) is 29.9 Å². The Morgan fingerprint density at radius 2 is 1.73 bits per heavy atom. The molecule has 2 heterocycles. The van der Waals surface area contributed by atoms with Gasteiger partial charge in [0.1, 0.15) is 16.8 Å². The number of amides is 2. The smallest absolute Gasteiger partial charge is 0.421 e. The highest BCUT2D eigenvalue weighted by Crippen LogP contribution is 2.40. The third-order valence-corrected chi connectivity index (χ3v) is 7.22. The second kappa shape index (κ2) is 10.7. The molecule has 0 spiro atoms. The van der Waals surface area contributed by atoms with Crippen molar-refractivity contribution in [2.24, 2.45) is 0 Å². The lowest BCUT2D eigenvalue weighted by Crippen LogP contribution is -2.37. The standard InChI is InChI=1S/C27H33N5O8S/c1-26(2,3)39-24(33)29-41(37,38)22-11-10-20(13-21(22)32(35)36)31(25(34)40-27(4,5)6)16-19-15-30-14-18(17-7-8-17)9-12-23(30)28-19/h9-15,17H,7-8,16H2,1-6H3,(H,29,33). The van der Waals surface area contributed by atoms with Gasteiger partial charge in [0.25, 0.3) is 15.7 Å². The number of hydrogen-bond donors (Lipinski definition) is 1. The lowest BCUT2D eigenvalue weighted by Gasteiger charge is -2.27. The highest BCUT2D eigenvalue weighted by atomic mass is 32.2. The number of imidazole rings is 1. The molecule has 13 nitrogen and oxygen atoms in total. The van der Waals surface area contributed by atoms with Crippen LogP contribution in [0.25, 0.3) is 5.65 Å². The maximum Gasteiger partial charge on any atom is 0.421 e. The van der Waals surface area contributed by atoms with Gasteiger partial charge in [0, 0.05) is 18.5 Å². The van der Waals surface area contributed by atoms with Crippen LogP contribution in [0.4, 0.5) is 21.0 Å². The number of fused-ring (bicyclic) bond motifs is 1. The van der Waals surface area contributed by atoms with Crippen molar-refractivity contribution in [3.8, 4) is 0 Å². The van der Waals surface area contributed by atoms with Crippen LogP contribution in [0.5, 0.6) is 0 Å². The Morgan fingerprint density at radius 1 is 1.07 bits per heavy atom. The van der Waals surface area contributed by atoms with Crippen LogP contribution in [0.2, 0.25) is 0 Å². The van der Waals surface area contributed by atoms with Gasteiger partial charge in [0.15, 0.2) is 4.90 Å². The van der Waals surface area contributed by atoms with Crippen LogP contribution < -0.4 is 9.62 Å². The van der Waals surface area contributed by atoms with Crippen molar-refractivity contribution in [2.45, 2.75) is 82.9 Å². The Kier molecular flexibility index (Phi) is 7.74. The van der Waals surface area contributed by atoms with E-state index >= 15 is 0 Å². The molecule has 220 valence electrons. The number of carbonyl (C=O) groups is 2. The number of sulfonamides is 1. The second-order valence-corrected chi connectivity index (χ2v) is 13.5. The van der Waals surface area contributed by atoms with Gasteiger partial charge in [-0.1, -0.05) is 6.07 Å². The minimum absolute atomic E-state index is 0.00195. The number of pyridine rings is 1. The number of ether oxygens (including phenoxy) is 2. The summed E-state index contributed by atoms with van der Waals surface area (Å²) in [5.41, 5.74) is -0.406. The normalized spacial score (nSPS) is 14.0. The van der Waals surface area contributed by atoms with Gasteiger partial charge in [-0.25, -0.2) is 27.7 Å². The molecule has 1 fully saturated rings. The topological polar surface area (TPSA) is 162 Å². The zero-order valence-electron chi connectivity index (χ0n) is 23.7. The van der Waals surface area contributed by atoms with Crippen LogP contribution in [0, 0.1) is 10.1 Å². The van der Waals surface area contributed by atoms with Crippen molar-refractivity contribution in [3.05, 3.63) is 64.1 Å². The van der Waals surface area contributed by atoms with E-state index in [-0.39, 0.29) is 12.2 Å². The Bertz CT molecular complexity index is 1610. The van der Waals surface area contributed by atoms with Gasteiger partial charge in [-0.3, -0.25) is 15.0 Å². The van der Waals surface area contributed by atoms with Crippen LogP contribution in [0.3, 0.4) is 0 Å². The van der Waals surface area contributed by atoms with Crippen LogP contribution in [0.15, 0.2) is 47.6 Å². The van der Waals surface area contributed by atoms with Crippen molar-refractivity contribution in [3.63, 3.8) is 0 Å². The van der Waals surface area contributed by atoms with Crippen LogP contribution in [-0.2, 0) is 26.0 Å². The number of nitrogens with one attached hydrogen (secondary N) is 1. The quantitative estimate of drug-likeness (QED) is 0.286. The molecule has 1 saturated carbocycles. The zero-order valence-corrected chi connectivity index (χ0v) is 24.5. The van der Waals surface area contributed by atoms with Gasteiger partial charge in [0.05, 0.1) is 22.8 Å². The van der Waals surface area contributed by atoms with E-state index in [1.165, 1.54) is 32.4 Å². The molecule has 0 atom stereocenters. The summed E-state index contributed by atoms with van der Waals surface area (Å²) < 4.78 is 39.8. The van der Waals surface area contributed by atoms with Gasteiger partial charge in [-0.2, -0.15) is 0 Å². The van der Waals surface area contributed by atoms with E-state index < -0.39 is 48.9 Å². The van der Waals surface area contributed by atoms with E-state index in [9.17, 15) is 28.1 Å². The summed E-state index contributed by atoms with van der Waals surface area (Å²) >= 11 is 0. The van der Waals surface area contributed by atoms with Gasteiger partial charge >= 0.3 is 12.2 Å². The summed E-state index contributed by atoms with van der Waals surface area (Å²) in [6, 6.07) is 7.01. The number of aromatic nitrogens is 2. The summed E-state index contributed by atoms with van der Waals surface area (Å²) in [7, 11) is -4.70. The zero-order chi connectivity index (χ0) is 30.3. The van der Waals surface area contributed by atoms with E-state index in [1.807, 2.05) is 22.7 Å². The average molecular weight is 588 g/mol. The Labute approximate surface area is 237 Å². The van der Waals surface area contributed by atoms with Gasteiger partial charge in [-0.15, -0.1) is 0 Å². The number of nitro benzene ring substituents is 1. The first-order valence-corrected chi connectivity index (χ1v) is 14.4. The van der Waals surface area contributed by atoms with E-state index in [1.54, 1.807) is 31.7 Å². The Hall–Kier alpha value is -4.20. The van der Waals surface area contributed by atoms with Gasteiger partial charge < -0.3 is 13.9 Å². The number of hydrogen-bond acceptors (Lipinski definition) is 9. The van der Waals surface area contributed by atoms with Crippen molar-refractivity contribution in [1.29, 1.82) is 0 Å². The molecule has 0 unspecified atom stereocenters. The lowest BCUT2D eigenvalue weighted by atomic mass is 10.2. The molecule has 1 aliphatic carbocycles. The predicted octanol–water partition coefficient (Wildman–Crippen LogP) is 5.28. The van der Waals surface area contributed by atoms with Gasteiger partial charge in [0.2, 0.25) is 0 Å². The third kappa shape index (κ3) is 7.51. The minimum atomic E-state index is -4.70. The molecule has 1 N–H and O–H groups in total. The first-order chi connectivity index (χ1) is 18.9.